The fourth-order valence-electron chi connectivity index (χ4n) is 1.60. The molecular formula is C12H15NO2S. The van der Waals surface area contributed by atoms with E-state index in [0.717, 1.165) is 18.6 Å². The van der Waals surface area contributed by atoms with Crippen LogP contribution >= 0.6 is 11.8 Å². The summed E-state index contributed by atoms with van der Waals surface area (Å²) < 4.78 is 4.72. The Kier molecular flexibility index (Phi) is 3.49. The quantitative estimate of drug-likeness (QED) is 0.582. The van der Waals surface area contributed by atoms with Crippen LogP contribution in [-0.4, -0.2) is 23.8 Å². The van der Waals surface area contributed by atoms with Gasteiger partial charge in [-0.1, -0.05) is 0 Å². The predicted octanol–water partition coefficient (Wildman–Crippen LogP) is 2.52. The normalized spacial score (nSPS) is 16.8. The first-order valence-corrected chi connectivity index (χ1v) is 6.32. The summed E-state index contributed by atoms with van der Waals surface area (Å²) in [5.74, 6) is 0.902. The van der Waals surface area contributed by atoms with Gasteiger partial charge in [0.15, 0.2) is 0 Å². The molecule has 0 saturated heterocycles. The number of pyridine rings is 1. The molecule has 0 atom stereocenters. The van der Waals surface area contributed by atoms with Gasteiger partial charge in [0, 0.05) is 23.0 Å². The highest BCUT2D eigenvalue weighted by Crippen LogP contribution is 2.52. The second-order valence-corrected chi connectivity index (χ2v) is 5.27. The van der Waals surface area contributed by atoms with Gasteiger partial charge in [0.2, 0.25) is 0 Å². The summed E-state index contributed by atoms with van der Waals surface area (Å²) in [5.41, 5.74) is 0.195. The number of hydrogen-bond donors (Lipinski definition) is 0. The summed E-state index contributed by atoms with van der Waals surface area (Å²) in [5, 5.41) is 0. The van der Waals surface area contributed by atoms with Gasteiger partial charge in [-0.2, -0.15) is 0 Å². The molecule has 86 valence electrons. The van der Waals surface area contributed by atoms with Gasteiger partial charge in [0.1, 0.15) is 0 Å². The van der Waals surface area contributed by atoms with Crippen molar-refractivity contribution in [3.05, 3.63) is 24.5 Å². The van der Waals surface area contributed by atoms with E-state index < -0.39 is 0 Å². The zero-order valence-corrected chi connectivity index (χ0v) is 10.1. The molecule has 0 N–H and O–H groups in total. The number of hydrogen-bond acceptors (Lipinski definition) is 4. The van der Waals surface area contributed by atoms with Gasteiger partial charge >= 0.3 is 5.97 Å². The van der Waals surface area contributed by atoms with Crippen molar-refractivity contribution in [2.24, 2.45) is 5.41 Å². The number of methoxy groups -OCH3 is 1. The highest BCUT2D eigenvalue weighted by Gasteiger charge is 2.44. The zero-order chi connectivity index (χ0) is 11.4. The van der Waals surface area contributed by atoms with Crippen molar-refractivity contribution < 1.29 is 9.53 Å². The topological polar surface area (TPSA) is 39.2 Å². The van der Waals surface area contributed by atoms with Crippen LogP contribution in [0.25, 0.3) is 0 Å². The third kappa shape index (κ3) is 2.98. The molecule has 4 heteroatoms. The summed E-state index contributed by atoms with van der Waals surface area (Å²) in [6.07, 6.45) is 6.42. The third-order valence-electron chi connectivity index (χ3n) is 2.90. The van der Waals surface area contributed by atoms with Gasteiger partial charge in [-0.15, -0.1) is 11.8 Å². The minimum absolute atomic E-state index is 0.0900. The van der Waals surface area contributed by atoms with Crippen LogP contribution in [-0.2, 0) is 9.53 Å². The number of aromatic nitrogens is 1. The molecule has 1 saturated carbocycles. The van der Waals surface area contributed by atoms with Gasteiger partial charge in [-0.05, 0) is 30.4 Å². The average molecular weight is 237 g/mol. The van der Waals surface area contributed by atoms with Crippen LogP contribution in [0, 0.1) is 5.41 Å². The van der Waals surface area contributed by atoms with E-state index in [2.05, 4.69) is 4.98 Å². The lowest BCUT2D eigenvalue weighted by Crippen LogP contribution is -2.12. The standard InChI is InChI=1S/C12H15NO2S/c1-15-11(14)8-12(4-5-12)9-16-10-2-6-13-7-3-10/h2-3,6-7H,4-5,8-9H2,1H3. The second kappa shape index (κ2) is 4.87. The Morgan fingerprint density at radius 2 is 2.19 bits per heavy atom. The van der Waals surface area contributed by atoms with Crippen molar-refractivity contribution in [2.45, 2.75) is 24.2 Å². The Morgan fingerprint density at radius 3 is 2.75 bits per heavy atom. The highest BCUT2D eigenvalue weighted by molar-refractivity contribution is 7.99. The maximum Gasteiger partial charge on any atom is 0.306 e. The molecule has 0 amide bonds. The molecule has 0 spiro atoms. The lowest BCUT2D eigenvalue weighted by atomic mass is 10.1. The van der Waals surface area contributed by atoms with E-state index >= 15 is 0 Å². The Hall–Kier alpha value is -1.03. The molecule has 1 fully saturated rings. The average Bonchev–Trinajstić information content (AvgIpc) is 3.08. The number of esters is 1. The number of thioether (sulfide) groups is 1. The molecule has 0 bridgehead atoms. The molecule has 1 aromatic heterocycles. The molecule has 1 aromatic rings. The third-order valence-corrected chi connectivity index (χ3v) is 4.26. The fourth-order valence-corrected chi connectivity index (χ4v) is 2.78. The molecule has 16 heavy (non-hydrogen) atoms. The van der Waals surface area contributed by atoms with Gasteiger partial charge in [0.05, 0.1) is 13.5 Å². The van der Waals surface area contributed by atoms with Crippen LogP contribution in [0.15, 0.2) is 29.4 Å². The number of rotatable bonds is 5. The van der Waals surface area contributed by atoms with Crippen molar-refractivity contribution in [1.82, 2.24) is 4.98 Å². The Morgan fingerprint density at radius 1 is 1.50 bits per heavy atom. The monoisotopic (exact) mass is 237 g/mol. The highest BCUT2D eigenvalue weighted by atomic mass is 32.2. The summed E-state index contributed by atoms with van der Waals surface area (Å²) in [7, 11) is 1.45. The smallest absolute Gasteiger partial charge is 0.306 e. The van der Waals surface area contributed by atoms with Crippen LogP contribution in [0.2, 0.25) is 0 Å². The molecule has 3 nitrogen and oxygen atoms in total. The van der Waals surface area contributed by atoms with Gasteiger partial charge in [0.25, 0.3) is 0 Å². The summed E-state index contributed by atoms with van der Waals surface area (Å²) >= 11 is 1.79. The molecule has 2 rings (SSSR count). The maximum atomic E-state index is 11.2. The van der Waals surface area contributed by atoms with E-state index in [0.29, 0.717) is 6.42 Å². The molecule has 0 aliphatic heterocycles. The molecule has 1 aliphatic carbocycles. The van der Waals surface area contributed by atoms with Gasteiger partial charge < -0.3 is 4.74 Å². The molecule has 0 radical (unpaired) electrons. The SMILES string of the molecule is COC(=O)CC1(CSc2ccncc2)CC1. The van der Waals surface area contributed by atoms with Gasteiger partial charge in [-0.3, -0.25) is 9.78 Å². The van der Waals surface area contributed by atoms with E-state index in [-0.39, 0.29) is 11.4 Å². The lowest BCUT2D eigenvalue weighted by molar-refractivity contribution is -0.141. The first kappa shape index (κ1) is 11.5. The largest absolute Gasteiger partial charge is 0.469 e. The Labute approximate surface area is 99.6 Å². The molecule has 1 heterocycles. The minimum Gasteiger partial charge on any atom is -0.469 e. The molecule has 0 unspecified atom stereocenters. The summed E-state index contributed by atoms with van der Waals surface area (Å²) in [6.45, 7) is 0. The van der Waals surface area contributed by atoms with Crippen molar-refractivity contribution in [3.8, 4) is 0 Å². The molecule has 0 aromatic carbocycles. The van der Waals surface area contributed by atoms with Crippen LogP contribution in [0.4, 0.5) is 0 Å². The van der Waals surface area contributed by atoms with E-state index in [1.54, 1.807) is 24.2 Å². The van der Waals surface area contributed by atoms with E-state index in [1.165, 1.54) is 12.0 Å². The van der Waals surface area contributed by atoms with Crippen LogP contribution in [0.3, 0.4) is 0 Å². The van der Waals surface area contributed by atoms with Crippen molar-refractivity contribution in [2.75, 3.05) is 12.9 Å². The first-order valence-electron chi connectivity index (χ1n) is 5.34. The number of carbonyl (C=O) groups is 1. The van der Waals surface area contributed by atoms with Crippen LogP contribution < -0.4 is 0 Å². The molecular weight excluding hydrogens is 222 g/mol. The maximum absolute atomic E-state index is 11.2. The molecule has 1 aliphatic rings. The predicted molar refractivity (Wildman–Crippen MR) is 63.3 cm³/mol. The summed E-state index contributed by atoms with van der Waals surface area (Å²) in [4.78, 5) is 16.4. The number of ether oxygens (including phenoxy) is 1. The van der Waals surface area contributed by atoms with Gasteiger partial charge in [-0.25, -0.2) is 0 Å². The minimum atomic E-state index is -0.0900. The van der Waals surface area contributed by atoms with E-state index in [4.69, 9.17) is 4.74 Å². The Bertz CT molecular complexity index is 363. The lowest BCUT2D eigenvalue weighted by Gasteiger charge is -2.12. The first-order chi connectivity index (χ1) is 7.74. The van der Waals surface area contributed by atoms with Crippen molar-refractivity contribution in [3.63, 3.8) is 0 Å². The van der Waals surface area contributed by atoms with Crippen LogP contribution in [0.1, 0.15) is 19.3 Å². The van der Waals surface area contributed by atoms with Crippen molar-refractivity contribution >= 4 is 17.7 Å². The Balaban J connectivity index is 1.84. The number of carbonyl (C=O) groups excluding carboxylic acids is 1. The number of nitrogens with zero attached hydrogens (tertiary/aromatic N) is 1. The van der Waals surface area contributed by atoms with Crippen LogP contribution in [0.5, 0.6) is 0 Å². The van der Waals surface area contributed by atoms with E-state index in [9.17, 15) is 4.79 Å². The fraction of sp³-hybridized carbons (Fsp3) is 0.500. The van der Waals surface area contributed by atoms with Crippen molar-refractivity contribution in [1.29, 1.82) is 0 Å². The summed E-state index contributed by atoms with van der Waals surface area (Å²) in [6, 6.07) is 4.00. The second-order valence-electron chi connectivity index (χ2n) is 4.22. The van der Waals surface area contributed by atoms with E-state index in [1.807, 2.05) is 12.1 Å². The zero-order valence-electron chi connectivity index (χ0n) is 9.31.